The number of nitrogens with zero attached hydrogens (tertiary/aromatic N) is 2. The molecular weight excluding hydrogens is 416 g/mol. The van der Waals surface area contributed by atoms with Crippen LogP contribution >= 0.6 is 0 Å². The van der Waals surface area contributed by atoms with Gasteiger partial charge in [-0.15, -0.1) is 0 Å². The van der Waals surface area contributed by atoms with Crippen molar-refractivity contribution in [1.29, 1.82) is 0 Å². The van der Waals surface area contributed by atoms with Gasteiger partial charge >= 0.3 is 0 Å². The van der Waals surface area contributed by atoms with Crippen LogP contribution in [0.1, 0.15) is 6.92 Å². The van der Waals surface area contributed by atoms with E-state index in [-0.39, 0.29) is 11.0 Å². The molecule has 1 aromatic heterocycles. The van der Waals surface area contributed by atoms with E-state index in [0.717, 1.165) is 11.1 Å². The van der Waals surface area contributed by atoms with E-state index in [2.05, 4.69) is 0 Å². The second kappa shape index (κ2) is 9.88. The number of amides is 1. The summed E-state index contributed by atoms with van der Waals surface area (Å²) in [4.78, 5) is 20.9. The fourth-order valence-corrected chi connectivity index (χ4v) is 3.05. The zero-order valence-corrected chi connectivity index (χ0v) is 18.4. The van der Waals surface area contributed by atoms with Crippen LogP contribution in [0, 0.1) is 0 Å². The van der Waals surface area contributed by atoms with Crippen LogP contribution in [0.5, 0.6) is 28.7 Å². The monoisotopic (exact) mass is 440 g/mol. The lowest BCUT2D eigenvalue weighted by atomic mass is 10.1. The highest BCUT2D eigenvalue weighted by Crippen LogP contribution is 2.41. The number of pyridine rings is 1. The maximum atomic E-state index is 11.1. The molecule has 3 rings (SSSR count). The first-order chi connectivity index (χ1) is 15.4. The molecule has 0 atom stereocenters. The third-order valence-corrected chi connectivity index (χ3v) is 4.63. The summed E-state index contributed by atoms with van der Waals surface area (Å²) in [5.41, 5.74) is 2.77. The summed E-state index contributed by atoms with van der Waals surface area (Å²) in [6, 6.07) is 14.0. The lowest BCUT2D eigenvalue weighted by Crippen LogP contribution is -2.28. The highest BCUT2D eigenvalue weighted by Gasteiger charge is 2.17. The molecule has 0 fully saturated rings. The van der Waals surface area contributed by atoms with Crippen molar-refractivity contribution in [3.63, 3.8) is 0 Å². The van der Waals surface area contributed by atoms with Crippen LogP contribution in [0.25, 0.3) is 22.5 Å². The fourth-order valence-electron chi connectivity index (χ4n) is 3.05. The van der Waals surface area contributed by atoms with Crippen molar-refractivity contribution in [1.82, 2.24) is 10.2 Å². The summed E-state index contributed by atoms with van der Waals surface area (Å²) in [5, 5.41) is 9.60. The third kappa shape index (κ3) is 4.68. The van der Waals surface area contributed by atoms with E-state index in [9.17, 15) is 10.0 Å². The van der Waals surface area contributed by atoms with Gasteiger partial charge in [0.25, 0.3) is 5.91 Å². The van der Waals surface area contributed by atoms with Crippen molar-refractivity contribution in [2.24, 2.45) is 0 Å². The van der Waals surface area contributed by atoms with Crippen molar-refractivity contribution in [3.8, 4) is 51.3 Å². The van der Waals surface area contributed by atoms with Crippen molar-refractivity contribution >= 4 is 5.91 Å². The number of ether oxygens (including phenoxy) is 4. The predicted molar refractivity (Wildman–Crippen MR) is 116 cm³/mol. The number of carbonyl (C=O) groups is 1. The number of aromatic nitrogens is 1. The second-order valence-corrected chi connectivity index (χ2v) is 6.57. The highest BCUT2D eigenvalue weighted by molar-refractivity contribution is 5.74. The molecule has 9 nitrogen and oxygen atoms in total. The molecule has 1 amide bonds. The molecule has 0 unspecified atom stereocenters. The SMILES string of the molecule is COc1ccc(-c2cc(OC)c(OC)c(OC)c2)nc1-c1ccc(ON(O)C(C)=O)cc1. The molecule has 0 spiro atoms. The quantitative estimate of drug-likeness (QED) is 0.415. The Hall–Kier alpha value is -3.98. The number of methoxy groups -OCH3 is 4. The molecule has 168 valence electrons. The molecule has 0 aliphatic carbocycles. The van der Waals surface area contributed by atoms with Crippen LogP contribution in [-0.4, -0.2) is 49.8 Å². The summed E-state index contributed by atoms with van der Waals surface area (Å²) in [7, 11) is 6.21. The predicted octanol–water partition coefficient (Wildman–Crippen LogP) is 3.98. The molecule has 3 aromatic rings. The van der Waals surface area contributed by atoms with Crippen LogP contribution in [0.4, 0.5) is 0 Å². The number of carbonyl (C=O) groups excluding carboxylic acids is 1. The van der Waals surface area contributed by atoms with Crippen LogP contribution < -0.4 is 23.8 Å². The summed E-state index contributed by atoms with van der Waals surface area (Å²) >= 11 is 0. The summed E-state index contributed by atoms with van der Waals surface area (Å²) in [5.74, 6) is 1.73. The van der Waals surface area contributed by atoms with E-state index in [1.807, 2.05) is 24.3 Å². The Balaban J connectivity index is 2.02. The number of hydroxylamine groups is 2. The molecule has 0 aliphatic heterocycles. The van der Waals surface area contributed by atoms with E-state index in [1.54, 1.807) is 52.7 Å². The molecule has 0 saturated heterocycles. The standard InChI is InChI=1S/C23H24N2O7/c1-14(26)25(27)32-17-8-6-15(7-9-17)22-19(28-2)11-10-18(24-22)16-12-20(29-3)23(31-5)21(13-16)30-4/h6-13,27H,1-5H3. The number of hydrogen-bond donors (Lipinski definition) is 1. The maximum absolute atomic E-state index is 11.1. The van der Waals surface area contributed by atoms with Gasteiger partial charge in [-0.05, 0) is 53.8 Å². The first-order valence-electron chi connectivity index (χ1n) is 9.55. The van der Waals surface area contributed by atoms with Crippen LogP contribution in [-0.2, 0) is 4.79 Å². The number of hydrogen-bond acceptors (Lipinski definition) is 8. The van der Waals surface area contributed by atoms with Gasteiger partial charge in [0.15, 0.2) is 17.2 Å². The summed E-state index contributed by atoms with van der Waals surface area (Å²) in [6.45, 7) is 1.18. The topological polar surface area (TPSA) is 99.6 Å². The van der Waals surface area contributed by atoms with Crippen molar-refractivity contribution in [2.75, 3.05) is 28.4 Å². The van der Waals surface area contributed by atoms with Gasteiger partial charge in [0, 0.05) is 18.1 Å². The van der Waals surface area contributed by atoms with E-state index in [1.165, 1.54) is 6.92 Å². The summed E-state index contributed by atoms with van der Waals surface area (Å²) < 4.78 is 21.8. The van der Waals surface area contributed by atoms with Gasteiger partial charge in [-0.1, -0.05) is 0 Å². The van der Waals surface area contributed by atoms with Gasteiger partial charge in [-0.2, -0.15) is 0 Å². The molecule has 0 aliphatic rings. The van der Waals surface area contributed by atoms with Gasteiger partial charge in [0.2, 0.25) is 5.75 Å². The maximum Gasteiger partial charge on any atom is 0.281 e. The lowest BCUT2D eigenvalue weighted by Gasteiger charge is -2.15. The minimum Gasteiger partial charge on any atom is -0.494 e. The normalized spacial score (nSPS) is 10.3. The Morgan fingerprint density at radius 2 is 1.41 bits per heavy atom. The van der Waals surface area contributed by atoms with E-state index in [4.69, 9.17) is 28.8 Å². The zero-order chi connectivity index (χ0) is 23.3. The first-order valence-corrected chi connectivity index (χ1v) is 9.55. The summed E-state index contributed by atoms with van der Waals surface area (Å²) in [6.07, 6.45) is 0. The van der Waals surface area contributed by atoms with Crippen molar-refractivity contribution < 1.29 is 33.8 Å². The Kier molecular flexibility index (Phi) is 7.01. The Labute approximate surface area is 185 Å². The lowest BCUT2D eigenvalue weighted by molar-refractivity contribution is -0.263. The van der Waals surface area contributed by atoms with E-state index < -0.39 is 5.91 Å². The smallest absolute Gasteiger partial charge is 0.281 e. The zero-order valence-electron chi connectivity index (χ0n) is 18.4. The van der Waals surface area contributed by atoms with Gasteiger partial charge in [0.05, 0.1) is 34.1 Å². The molecule has 9 heteroatoms. The van der Waals surface area contributed by atoms with Crippen molar-refractivity contribution in [3.05, 3.63) is 48.5 Å². The fraction of sp³-hybridized carbons (Fsp3) is 0.217. The van der Waals surface area contributed by atoms with E-state index >= 15 is 0 Å². The van der Waals surface area contributed by atoms with Crippen molar-refractivity contribution in [2.45, 2.75) is 6.92 Å². The first kappa shape index (κ1) is 22.7. The molecule has 0 saturated carbocycles. The van der Waals surface area contributed by atoms with Gasteiger partial charge in [0.1, 0.15) is 11.4 Å². The highest BCUT2D eigenvalue weighted by atomic mass is 16.9. The van der Waals surface area contributed by atoms with E-state index in [0.29, 0.717) is 34.4 Å². The number of rotatable bonds is 8. The molecule has 1 N–H and O–H groups in total. The molecule has 0 bridgehead atoms. The molecule has 2 aromatic carbocycles. The minimum absolute atomic E-state index is 0.166. The average Bonchev–Trinajstić information content (AvgIpc) is 2.82. The average molecular weight is 440 g/mol. The largest absolute Gasteiger partial charge is 0.494 e. The molecular formula is C23H24N2O7. The molecule has 0 radical (unpaired) electrons. The number of benzene rings is 2. The second-order valence-electron chi connectivity index (χ2n) is 6.57. The van der Waals surface area contributed by atoms with Crippen LogP contribution in [0.3, 0.4) is 0 Å². The van der Waals surface area contributed by atoms with Crippen LogP contribution in [0.15, 0.2) is 48.5 Å². The minimum atomic E-state index is -0.643. The Bertz CT molecular complexity index is 1070. The van der Waals surface area contributed by atoms with Gasteiger partial charge < -0.3 is 23.8 Å². The van der Waals surface area contributed by atoms with Crippen LogP contribution in [0.2, 0.25) is 0 Å². The van der Waals surface area contributed by atoms with Gasteiger partial charge in [-0.25, -0.2) is 4.98 Å². The Morgan fingerprint density at radius 1 is 0.812 bits per heavy atom. The van der Waals surface area contributed by atoms with Gasteiger partial charge in [-0.3, -0.25) is 10.0 Å². The third-order valence-electron chi connectivity index (χ3n) is 4.63. The molecule has 32 heavy (non-hydrogen) atoms. The Morgan fingerprint density at radius 3 is 1.91 bits per heavy atom. The molecule has 1 heterocycles.